The zero-order valence-corrected chi connectivity index (χ0v) is 12.6. The number of benzene rings is 1. The molecule has 0 saturated heterocycles. The fourth-order valence-electron chi connectivity index (χ4n) is 1.45. The number of amides is 2. The molecule has 0 aliphatic heterocycles. The Hall–Kier alpha value is -1.59. The summed E-state index contributed by atoms with van der Waals surface area (Å²) in [7, 11) is 1.83. The number of carbonyl (C=O) groups excluding carboxylic acids is 2. The lowest BCUT2D eigenvalue weighted by Crippen LogP contribution is -2.42. The van der Waals surface area contributed by atoms with E-state index in [0.29, 0.717) is 13.0 Å². The highest BCUT2D eigenvalue weighted by molar-refractivity contribution is 5.86. The number of rotatable bonds is 7. The molecular weight excluding hydrogens is 278 g/mol. The Labute approximate surface area is 125 Å². The van der Waals surface area contributed by atoms with Crippen molar-refractivity contribution >= 4 is 24.2 Å². The van der Waals surface area contributed by atoms with Gasteiger partial charge >= 0.3 is 0 Å². The molecule has 1 aromatic carbocycles. The summed E-state index contributed by atoms with van der Waals surface area (Å²) in [6.45, 7) is 2.53. The minimum absolute atomic E-state index is 0. The van der Waals surface area contributed by atoms with Crippen LogP contribution >= 0.6 is 12.4 Å². The molecule has 1 unspecified atom stereocenters. The number of halogens is 1. The lowest BCUT2D eigenvalue weighted by molar-refractivity contribution is -0.125. The van der Waals surface area contributed by atoms with Gasteiger partial charge in [0.25, 0.3) is 0 Å². The summed E-state index contributed by atoms with van der Waals surface area (Å²) in [5.41, 5.74) is 0.934. The van der Waals surface area contributed by atoms with Crippen molar-refractivity contribution in [3.05, 3.63) is 35.9 Å². The van der Waals surface area contributed by atoms with E-state index in [-0.39, 0.29) is 36.8 Å². The van der Waals surface area contributed by atoms with Gasteiger partial charge in [-0.15, -0.1) is 12.4 Å². The van der Waals surface area contributed by atoms with Crippen LogP contribution in [0.25, 0.3) is 0 Å². The zero-order valence-electron chi connectivity index (χ0n) is 11.8. The average molecular weight is 300 g/mol. The summed E-state index contributed by atoms with van der Waals surface area (Å²) in [4.78, 5) is 23.1. The Kier molecular flexibility index (Phi) is 9.41. The van der Waals surface area contributed by atoms with Gasteiger partial charge in [-0.25, -0.2) is 0 Å². The molecule has 112 valence electrons. The highest BCUT2D eigenvalue weighted by Gasteiger charge is 2.07. The van der Waals surface area contributed by atoms with Crippen LogP contribution in [-0.2, 0) is 16.0 Å². The molecule has 5 nitrogen and oxygen atoms in total. The molecule has 0 aliphatic carbocycles. The van der Waals surface area contributed by atoms with Gasteiger partial charge in [-0.3, -0.25) is 9.59 Å². The topological polar surface area (TPSA) is 70.2 Å². The minimum atomic E-state index is -0.177. The van der Waals surface area contributed by atoms with Crippen molar-refractivity contribution < 1.29 is 9.59 Å². The van der Waals surface area contributed by atoms with Gasteiger partial charge in [0.1, 0.15) is 0 Å². The summed E-state index contributed by atoms with van der Waals surface area (Å²) in [5.74, 6) is -0.327. The monoisotopic (exact) mass is 299 g/mol. The first-order valence-corrected chi connectivity index (χ1v) is 6.36. The van der Waals surface area contributed by atoms with Crippen molar-refractivity contribution in [3.63, 3.8) is 0 Å². The molecule has 0 radical (unpaired) electrons. The molecule has 1 aromatic rings. The van der Waals surface area contributed by atoms with Gasteiger partial charge in [-0.1, -0.05) is 30.3 Å². The van der Waals surface area contributed by atoms with Crippen LogP contribution in [-0.4, -0.2) is 38.0 Å². The Morgan fingerprint density at radius 3 is 2.35 bits per heavy atom. The fraction of sp³-hybridized carbons (Fsp3) is 0.429. The molecule has 0 heterocycles. The van der Waals surface area contributed by atoms with Crippen LogP contribution in [0.2, 0.25) is 0 Å². The number of hydrogen-bond donors (Lipinski definition) is 3. The van der Waals surface area contributed by atoms with Gasteiger partial charge in [0.2, 0.25) is 11.8 Å². The normalized spacial score (nSPS) is 11.1. The molecular formula is C14H22ClN3O2. The van der Waals surface area contributed by atoms with Crippen LogP contribution in [0.15, 0.2) is 30.3 Å². The van der Waals surface area contributed by atoms with Crippen molar-refractivity contribution in [3.8, 4) is 0 Å². The average Bonchev–Trinajstić information content (AvgIpc) is 2.43. The predicted molar refractivity (Wildman–Crippen MR) is 81.9 cm³/mol. The van der Waals surface area contributed by atoms with Crippen LogP contribution in [0.1, 0.15) is 12.5 Å². The number of hydrogen-bond acceptors (Lipinski definition) is 3. The highest BCUT2D eigenvalue weighted by atomic mass is 35.5. The second-order valence-electron chi connectivity index (χ2n) is 4.43. The summed E-state index contributed by atoms with van der Waals surface area (Å²) < 4.78 is 0. The molecule has 0 aliphatic rings. The molecule has 6 heteroatoms. The second kappa shape index (κ2) is 10.2. The Balaban J connectivity index is 0.00000361. The Bertz CT molecular complexity index is 412. The Morgan fingerprint density at radius 2 is 1.75 bits per heavy atom. The molecule has 1 atom stereocenters. The van der Waals surface area contributed by atoms with Crippen LogP contribution in [0.4, 0.5) is 0 Å². The van der Waals surface area contributed by atoms with E-state index >= 15 is 0 Å². The van der Waals surface area contributed by atoms with E-state index in [1.807, 2.05) is 44.3 Å². The van der Waals surface area contributed by atoms with Crippen LogP contribution < -0.4 is 16.0 Å². The van der Waals surface area contributed by atoms with Crippen LogP contribution in [0.3, 0.4) is 0 Å². The van der Waals surface area contributed by atoms with Crippen molar-refractivity contribution in [1.82, 2.24) is 16.0 Å². The van der Waals surface area contributed by atoms with E-state index in [9.17, 15) is 9.59 Å². The van der Waals surface area contributed by atoms with E-state index in [1.165, 1.54) is 0 Å². The number of carbonyl (C=O) groups is 2. The summed E-state index contributed by atoms with van der Waals surface area (Å²) >= 11 is 0. The maximum absolute atomic E-state index is 11.6. The van der Waals surface area contributed by atoms with E-state index in [2.05, 4.69) is 16.0 Å². The Morgan fingerprint density at radius 1 is 1.10 bits per heavy atom. The highest BCUT2D eigenvalue weighted by Crippen LogP contribution is 1.98. The molecule has 1 rings (SSSR count). The van der Waals surface area contributed by atoms with E-state index < -0.39 is 0 Å². The maximum Gasteiger partial charge on any atom is 0.239 e. The number of nitrogens with one attached hydrogen (secondary N) is 3. The third-order valence-corrected chi connectivity index (χ3v) is 2.75. The van der Waals surface area contributed by atoms with Crippen LogP contribution in [0.5, 0.6) is 0 Å². The third-order valence-electron chi connectivity index (χ3n) is 2.75. The first kappa shape index (κ1) is 18.4. The van der Waals surface area contributed by atoms with Gasteiger partial charge in [-0.2, -0.15) is 0 Å². The van der Waals surface area contributed by atoms with Gasteiger partial charge in [0, 0.05) is 12.6 Å². The molecule has 0 fully saturated rings. The predicted octanol–water partition coefficient (Wildman–Crippen LogP) is 0.491. The van der Waals surface area contributed by atoms with Gasteiger partial charge in [-0.05, 0) is 19.5 Å². The molecule has 0 spiro atoms. The standard InChI is InChI=1S/C14H21N3O2.ClH/c1-11(15-2)9-16-14(19)10-17-13(18)8-12-6-4-3-5-7-12;/h3-7,11,15H,8-10H2,1-2H3,(H,16,19)(H,17,18);1H. The molecule has 20 heavy (non-hydrogen) atoms. The molecule has 0 bridgehead atoms. The molecule has 2 amide bonds. The maximum atomic E-state index is 11.6. The lowest BCUT2D eigenvalue weighted by atomic mass is 10.1. The van der Waals surface area contributed by atoms with Crippen molar-refractivity contribution in [1.29, 1.82) is 0 Å². The van der Waals surface area contributed by atoms with E-state index in [4.69, 9.17) is 0 Å². The zero-order chi connectivity index (χ0) is 14.1. The summed E-state index contributed by atoms with van der Waals surface area (Å²) in [6, 6.07) is 9.65. The van der Waals surface area contributed by atoms with E-state index in [0.717, 1.165) is 5.56 Å². The van der Waals surface area contributed by atoms with Gasteiger partial charge in [0.15, 0.2) is 0 Å². The molecule has 0 saturated carbocycles. The second-order valence-corrected chi connectivity index (χ2v) is 4.43. The van der Waals surface area contributed by atoms with Crippen molar-refractivity contribution in [2.75, 3.05) is 20.1 Å². The summed E-state index contributed by atoms with van der Waals surface area (Å²) in [5, 5.41) is 8.35. The largest absolute Gasteiger partial charge is 0.353 e. The lowest BCUT2D eigenvalue weighted by Gasteiger charge is -2.11. The fourth-order valence-corrected chi connectivity index (χ4v) is 1.45. The SMILES string of the molecule is CNC(C)CNC(=O)CNC(=O)Cc1ccccc1.Cl. The number of likely N-dealkylation sites (N-methyl/N-ethyl adjacent to an activating group) is 1. The quantitative estimate of drug-likeness (QED) is 0.686. The van der Waals surface area contributed by atoms with Gasteiger partial charge in [0.05, 0.1) is 13.0 Å². The van der Waals surface area contributed by atoms with Crippen LogP contribution in [0, 0.1) is 0 Å². The van der Waals surface area contributed by atoms with Gasteiger partial charge < -0.3 is 16.0 Å². The first-order chi connectivity index (χ1) is 9.11. The molecule has 3 N–H and O–H groups in total. The van der Waals surface area contributed by atoms with Crippen molar-refractivity contribution in [2.45, 2.75) is 19.4 Å². The summed E-state index contributed by atoms with van der Waals surface area (Å²) in [6.07, 6.45) is 0.293. The van der Waals surface area contributed by atoms with Crippen molar-refractivity contribution in [2.24, 2.45) is 0 Å². The minimum Gasteiger partial charge on any atom is -0.353 e. The van der Waals surface area contributed by atoms with E-state index in [1.54, 1.807) is 0 Å². The molecule has 0 aromatic heterocycles. The first-order valence-electron chi connectivity index (χ1n) is 6.36. The third kappa shape index (κ3) is 7.76. The smallest absolute Gasteiger partial charge is 0.239 e.